The Balaban J connectivity index is 1.85. The van der Waals surface area contributed by atoms with Crippen molar-refractivity contribution in [1.29, 1.82) is 0 Å². The fourth-order valence-electron chi connectivity index (χ4n) is 3.99. The van der Waals surface area contributed by atoms with Crippen LogP contribution in [0.3, 0.4) is 0 Å². The molecule has 0 N–H and O–H groups in total. The van der Waals surface area contributed by atoms with E-state index in [0.29, 0.717) is 0 Å². The highest BCUT2D eigenvalue weighted by atomic mass is 14.2. The maximum absolute atomic E-state index is 3.75. The van der Waals surface area contributed by atoms with E-state index in [1.54, 1.807) is 0 Å². The predicted molar refractivity (Wildman–Crippen MR) is 122 cm³/mol. The van der Waals surface area contributed by atoms with Gasteiger partial charge in [0.15, 0.2) is 0 Å². The lowest BCUT2D eigenvalue weighted by molar-refractivity contribution is 1.44. The molecule has 0 aliphatic heterocycles. The van der Waals surface area contributed by atoms with E-state index in [1.165, 1.54) is 33.4 Å². The number of allylic oxidation sites excluding steroid dienone is 5. The Morgan fingerprint density at radius 3 is 2.21 bits per heavy atom. The Hall–Kier alpha value is -3.82. The van der Waals surface area contributed by atoms with Crippen molar-refractivity contribution in [2.75, 3.05) is 0 Å². The van der Waals surface area contributed by atoms with Crippen molar-refractivity contribution in [1.82, 2.24) is 0 Å². The first kappa shape index (κ1) is 17.3. The third-order valence-electron chi connectivity index (χ3n) is 5.44. The van der Waals surface area contributed by atoms with Crippen LogP contribution < -0.4 is 0 Å². The summed E-state index contributed by atoms with van der Waals surface area (Å²) in [7, 11) is 0. The Morgan fingerprint density at radius 2 is 1.38 bits per heavy atom. The monoisotopic (exact) mass is 368 g/mol. The highest BCUT2D eigenvalue weighted by Crippen LogP contribution is 2.37. The van der Waals surface area contributed by atoms with Crippen molar-refractivity contribution < 1.29 is 0 Å². The van der Waals surface area contributed by atoms with Crippen LogP contribution in [0, 0.1) is 6.92 Å². The SMILES string of the molecule is Cc1ccccc1-c1ccccc1C1=C=C2C=CC=C=CC2=Cc2ccccc21. The van der Waals surface area contributed by atoms with Gasteiger partial charge in [0, 0.05) is 11.1 Å². The van der Waals surface area contributed by atoms with Gasteiger partial charge in [-0.2, -0.15) is 0 Å². The summed E-state index contributed by atoms with van der Waals surface area (Å²) in [6.45, 7) is 2.17. The molecule has 136 valence electrons. The third kappa shape index (κ3) is 3.18. The van der Waals surface area contributed by atoms with Crippen molar-refractivity contribution in [3.63, 3.8) is 0 Å². The van der Waals surface area contributed by atoms with Gasteiger partial charge in [-0.1, -0.05) is 78.9 Å². The lowest BCUT2D eigenvalue weighted by Crippen LogP contribution is -1.94. The molecule has 0 saturated heterocycles. The standard InChI is InChI=1S/C29H20/c1-21-11-5-7-15-25(21)27-17-9-10-18-28(27)29-20-23-13-4-2-3-12-22(23)19-24-14-6-8-16-26(24)29/h2,4-19H,1H3. The quantitative estimate of drug-likeness (QED) is 0.416. The van der Waals surface area contributed by atoms with Crippen LogP contribution in [0.5, 0.6) is 0 Å². The van der Waals surface area contributed by atoms with Crippen molar-refractivity contribution >= 4 is 11.6 Å². The van der Waals surface area contributed by atoms with E-state index < -0.39 is 0 Å². The zero-order chi connectivity index (χ0) is 19.6. The molecule has 0 unspecified atom stereocenters. The first-order valence-corrected chi connectivity index (χ1v) is 9.88. The second-order valence-electron chi connectivity index (χ2n) is 7.30. The van der Waals surface area contributed by atoms with E-state index in [-0.39, 0.29) is 0 Å². The molecule has 5 rings (SSSR count). The Bertz CT molecular complexity index is 1310. The molecule has 3 aromatic rings. The molecule has 0 aromatic heterocycles. The van der Waals surface area contributed by atoms with E-state index in [0.717, 1.165) is 16.7 Å². The second-order valence-corrected chi connectivity index (χ2v) is 7.30. The fraction of sp³-hybridized carbons (Fsp3) is 0.0345. The summed E-state index contributed by atoms with van der Waals surface area (Å²) in [5, 5.41) is 0. The number of benzene rings is 3. The first-order chi connectivity index (χ1) is 14.3. The van der Waals surface area contributed by atoms with E-state index in [1.807, 2.05) is 18.2 Å². The van der Waals surface area contributed by atoms with Crippen LogP contribution in [-0.4, -0.2) is 0 Å². The molecular formula is C29H20. The van der Waals surface area contributed by atoms with Crippen LogP contribution in [-0.2, 0) is 0 Å². The number of fused-ring (bicyclic) bond motifs is 2. The molecule has 0 bridgehead atoms. The van der Waals surface area contributed by atoms with Gasteiger partial charge in [0.2, 0.25) is 0 Å². The van der Waals surface area contributed by atoms with Gasteiger partial charge < -0.3 is 0 Å². The molecule has 0 spiro atoms. The van der Waals surface area contributed by atoms with Crippen LogP contribution in [0.4, 0.5) is 0 Å². The highest BCUT2D eigenvalue weighted by molar-refractivity contribution is 5.93. The van der Waals surface area contributed by atoms with Crippen LogP contribution in [0.25, 0.3) is 22.8 Å². The lowest BCUT2D eigenvalue weighted by atomic mass is 9.88. The second kappa shape index (κ2) is 7.30. The number of rotatable bonds is 2. The summed E-state index contributed by atoms with van der Waals surface area (Å²) in [5.74, 6) is 0. The molecule has 0 fully saturated rings. The number of hydrogen-bond donors (Lipinski definition) is 0. The summed E-state index contributed by atoms with van der Waals surface area (Å²) in [6, 6.07) is 25.8. The molecule has 2 aliphatic rings. The zero-order valence-corrected chi connectivity index (χ0v) is 16.3. The molecule has 0 heterocycles. The summed E-state index contributed by atoms with van der Waals surface area (Å²) in [5.41, 5.74) is 17.7. The van der Waals surface area contributed by atoms with Gasteiger partial charge in [-0.25, -0.2) is 0 Å². The van der Waals surface area contributed by atoms with Crippen molar-refractivity contribution in [2.24, 2.45) is 0 Å². The lowest BCUT2D eigenvalue weighted by Gasteiger charge is -2.15. The van der Waals surface area contributed by atoms with E-state index in [9.17, 15) is 0 Å². The Labute approximate surface area is 171 Å². The molecule has 0 heteroatoms. The third-order valence-corrected chi connectivity index (χ3v) is 5.44. The normalized spacial score (nSPS) is 14.2. The van der Waals surface area contributed by atoms with Gasteiger partial charge in [-0.15, -0.1) is 11.5 Å². The number of aryl methyl sites for hydroxylation is 1. The summed E-state index contributed by atoms with van der Waals surface area (Å²) in [6.07, 6.45) is 10.4. The van der Waals surface area contributed by atoms with E-state index >= 15 is 0 Å². The fourth-order valence-corrected chi connectivity index (χ4v) is 3.99. The van der Waals surface area contributed by atoms with Crippen LogP contribution >= 0.6 is 0 Å². The smallest absolute Gasteiger partial charge is 0.0328 e. The molecule has 0 saturated carbocycles. The molecule has 2 aliphatic carbocycles. The van der Waals surface area contributed by atoms with Crippen molar-refractivity contribution in [3.05, 3.63) is 142 Å². The minimum atomic E-state index is 1.08. The Kier molecular flexibility index (Phi) is 4.35. The van der Waals surface area contributed by atoms with Crippen LogP contribution in [0.1, 0.15) is 22.3 Å². The largest absolute Gasteiger partial charge is 0.120 e. The number of hydrogen-bond acceptors (Lipinski definition) is 0. The maximum Gasteiger partial charge on any atom is 0.0328 e. The predicted octanol–water partition coefficient (Wildman–Crippen LogP) is 7.30. The molecular weight excluding hydrogens is 348 g/mol. The average Bonchev–Trinajstić information content (AvgIpc) is 3.06. The molecule has 29 heavy (non-hydrogen) atoms. The topological polar surface area (TPSA) is 0 Å². The summed E-state index contributed by atoms with van der Waals surface area (Å²) < 4.78 is 0. The molecule has 0 amide bonds. The van der Waals surface area contributed by atoms with E-state index in [2.05, 4.69) is 103 Å². The average molecular weight is 368 g/mol. The van der Waals surface area contributed by atoms with Crippen LogP contribution in [0.15, 0.2) is 120 Å². The molecule has 0 atom stereocenters. The van der Waals surface area contributed by atoms with Gasteiger partial charge in [0.05, 0.1) is 0 Å². The highest BCUT2D eigenvalue weighted by Gasteiger charge is 2.17. The van der Waals surface area contributed by atoms with Crippen molar-refractivity contribution in [2.45, 2.75) is 6.92 Å². The minimum absolute atomic E-state index is 1.08. The van der Waals surface area contributed by atoms with Gasteiger partial charge in [-0.05, 0) is 70.2 Å². The molecule has 0 radical (unpaired) electrons. The Morgan fingerprint density at radius 1 is 0.690 bits per heavy atom. The molecule has 3 aromatic carbocycles. The molecule has 0 nitrogen and oxygen atoms in total. The zero-order valence-electron chi connectivity index (χ0n) is 16.3. The van der Waals surface area contributed by atoms with Gasteiger partial charge in [0.1, 0.15) is 0 Å². The first-order valence-electron chi connectivity index (χ1n) is 9.88. The maximum atomic E-state index is 3.75. The van der Waals surface area contributed by atoms with Crippen LogP contribution in [0.2, 0.25) is 0 Å². The summed E-state index contributed by atoms with van der Waals surface area (Å²) >= 11 is 0. The van der Waals surface area contributed by atoms with Crippen molar-refractivity contribution in [3.8, 4) is 11.1 Å². The summed E-state index contributed by atoms with van der Waals surface area (Å²) in [4.78, 5) is 0. The van der Waals surface area contributed by atoms with E-state index in [4.69, 9.17) is 0 Å². The minimum Gasteiger partial charge on any atom is -0.120 e. The van der Waals surface area contributed by atoms with Gasteiger partial charge in [-0.3, -0.25) is 0 Å². The van der Waals surface area contributed by atoms with Gasteiger partial charge >= 0.3 is 0 Å². The van der Waals surface area contributed by atoms with Gasteiger partial charge in [0.25, 0.3) is 0 Å².